The van der Waals surface area contributed by atoms with Gasteiger partial charge in [-0.15, -0.1) is 11.3 Å². The SMILES string of the molecule is Cc1nc(COc2cccc(C(=O)Nc3ccc(Br)cc3)c2)cs1. The Kier molecular flexibility index (Phi) is 5.27. The molecule has 0 unspecified atom stereocenters. The summed E-state index contributed by atoms with van der Waals surface area (Å²) in [5.41, 5.74) is 2.18. The first-order chi connectivity index (χ1) is 11.6. The van der Waals surface area contributed by atoms with E-state index in [1.807, 2.05) is 42.6 Å². The second-order valence-corrected chi connectivity index (χ2v) is 7.11. The summed E-state index contributed by atoms with van der Waals surface area (Å²) in [6, 6.07) is 14.6. The van der Waals surface area contributed by atoms with Crippen LogP contribution in [0, 0.1) is 6.92 Å². The van der Waals surface area contributed by atoms with E-state index in [4.69, 9.17) is 4.74 Å². The second-order valence-electron chi connectivity index (χ2n) is 5.14. The van der Waals surface area contributed by atoms with Gasteiger partial charge in [-0.25, -0.2) is 4.98 Å². The van der Waals surface area contributed by atoms with E-state index in [0.29, 0.717) is 17.9 Å². The molecule has 1 aromatic heterocycles. The Hall–Kier alpha value is -2.18. The zero-order valence-electron chi connectivity index (χ0n) is 13.0. The molecule has 0 fully saturated rings. The highest BCUT2D eigenvalue weighted by molar-refractivity contribution is 9.10. The van der Waals surface area contributed by atoms with Crippen LogP contribution in [0.3, 0.4) is 0 Å². The van der Waals surface area contributed by atoms with Crippen LogP contribution in [0.25, 0.3) is 0 Å². The van der Waals surface area contributed by atoms with Crippen molar-refractivity contribution in [2.75, 3.05) is 5.32 Å². The van der Waals surface area contributed by atoms with E-state index in [0.717, 1.165) is 20.9 Å². The quantitative estimate of drug-likeness (QED) is 0.649. The van der Waals surface area contributed by atoms with Gasteiger partial charge in [0.15, 0.2) is 0 Å². The van der Waals surface area contributed by atoms with Crippen LogP contribution in [0.5, 0.6) is 5.75 Å². The minimum atomic E-state index is -0.174. The highest BCUT2D eigenvalue weighted by atomic mass is 79.9. The van der Waals surface area contributed by atoms with Gasteiger partial charge in [-0.05, 0) is 49.4 Å². The summed E-state index contributed by atoms with van der Waals surface area (Å²) in [6.45, 7) is 2.35. The number of anilines is 1. The first-order valence-corrected chi connectivity index (χ1v) is 8.98. The number of nitrogens with zero attached hydrogens (tertiary/aromatic N) is 1. The van der Waals surface area contributed by atoms with E-state index < -0.39 is 0 Å². The van der Waals surface area contributed by atoms with Gasteiger partial charge in [0.05, 0.1) is 10.7 Å². The highest BCUT2D eigenvalue weighted by Crippen LogP contribution is 2.18. The molecule has 4 nitrogen and oxygen atoms in total. The fraction of sp³-hybridized carbons (Fsp3) is 0.111. The Bertz CT molecular complexity index is 846. The molecule has 1 N–H and O–H groups in total. The van der Waals surface area contributed by atoms with E-state index in [1.54, 1.807) is 29.5 Å². The molecule has 0 aliphatic carbocycles. The number of hydrogen-bond donors (Lipinski definition) is 1. The minimum absolute atomic E-state index is 0.174. The summed E-state index contributed by atoms with van der Waals surface area (Å²) >= 11 is 4.96. The van der Waals surface area contributed by atoms with Crippen molar-refractivity contribution in [2.24, 2.45) is 0 Å². The van der Waals surface area contributed by atoms with Crippen LogP contribution in [0.15, 0.2) is 58.4 Å². The Morgan fingerprint density at radius 1 is 1.25 bits per heavy atom. The Morgan fingerprint density at radius 3 is 2.75 bits per heavy atom. The molecule has 6 heteroatoms. The van der Waals surface area contributed by atoms with Gasteiger partial charge >= 0.3 is 0 Å². The number of ether oxygens (including phenoxy) is 1. The molecule has 1 heterocycles. The average molecular weight is 403 g/mol. The number of carbonyl (C=O) groups excluding carboxylic acids is 1. The van der Waals surface area contributed by atoms with Crippen molar-refractivity contribution >= 4 is 38.9 Å². The lowest BCUT2D eigenvalue weighted by atomic mass is 10.2. The van der Waals surface area contributed by atoms with Crippen molar-refractivity contribution in [2.45, 2.75) is 13.5 Å². The maximum atomic E-state index is 12.3. The number of hydrogen-bond acceptors (Lipinski definition) is 4. The van der Waals surface area contributed by atoms with Gasteiger partial charge in [0.2, 0.25) is 0 Å². The molecule has 0 atom stereocenters. The van der Waals surface area contributed by atoms with Gasteiger partial charge in [-0.3, -0.25) is 4.79 Å². The van der Waals surface area contributed by atoms with Crippen LogP contribution in [0.2, 0.25) is 0 Å². The Labute approximate surface area is 152 Å². The monoisotopic (exact) mass is 402 g/mol. The summed E-state index contributed by atoms with van der Waals surface area (Å²) in [6.07, 6.45) is 0. The molecule has 0 spiro atoms. The second kappa shape index (κ2) is 7.59. The third kappa shape index (κ3) is 4.43. The standard InChI is InChI=1S/C18H15BrN2O2S/c1-12-20-16(11-24-12)10-23-17-4-2-3-13(9-17)18(22)21-15-7-5-14(19)6-8-15/h2-9,11H,10H2,1H3,(H,21,22). The fourth-order valence-electron chi connectivity index (χ4n) is 2.10. The molecular weight excluding hydrogens is 388 g/mol. The third-order valence-electron chi connectivity index (χ3n) is 3.25. The van der Waals surface area contributed by atoms with E-state index in [-0.39, 0.29) is 5.91 Å². The number of amides is 1. The maximum Gasteiger partial charge on any atom is 0.255 e. The van der Waals surface area contributed by atoms with Crippen LogP contribution in [-0.2, 0) is 6.61 Å². The number of aryl methyl sites for hydroxylation is 1. The third-order valence-corrected chi connectivity index (χ3v) is 4.60. The molecule has 1 amide bonds. The molecular formula is C18H15BrN2O2S. The van der Waals surface area contributed by atoms with Gasteiger partial charge in [-0.1, -0.05) is 22.0 Å². The number of thiazole rings is 1. The molecule has 0 aliphatic rings. The van der Waals surface area contributed by atoms with Crippen LogP contribution in [0.1, 0.15) is 21.1 Å². The van der Waals surface area contributed by atoms with Gasteiger partial charge in [0.25, 0.3) is 5.91 Å². The number of aromatic nitrogens is 1. The fourth-order valence-corrected chi connectivity index (χ4v) is 2.96. The van der Waals surface area contributed by atoms with Crippen LogP contribution < -0.4 is 10.1 Å². The van der Waals surface area contributed by atoms with Gasteiger partial charge in [-0.2, -0.15) is 0 Å². The predicted octanol–water partition coefficient (Wildman–Crippen LogP) is 5.05. The van der Waals surface area contributed by atoms with E-state index >= 15 is 0 Å². The molecule has 122 valence electrons. The number of rotatable bonds is 5. The summed E-state index contributed by atoms with van der Waals surface area (Å²) in [5.74, 6) is 0.469. The zero-order valence-corrected chi connectivity index (χ0v) is 15.4. The molecule has 0 saturated heterocycles. The zero-order chi connectivity index (χ0) is 16.9. The van der Waals surface area contributed by atoms with Crippen LogP contribution in [0.4, 0.5) is 5.69 Å². The lowest BCUT2D eigenvalue weighted by Crippen LogP contribution is -2.11. The van der Waals surface area contributed by atoms with Gasteiger partial charge in [0, 0.05) is 21.1 Å². The summed E-state index contributed by atoms with van der Waals surface area (Å²) < 4.78 is 6.69. The average Bonchev–Trinajstić information content (AvgIpc) is 3.01. The predicted molar refractivity (Wildman–Crippen MR) is 99.7 cm³/mol. The van der Waals surface area contributed by atoms with Crippen LogP contribution >= 0.6 is 27.3 Å². The number of nitrogens with one attached hydrogen (secondary N) is 1. The van der Waals surface area contributed by atoms with Crippen molar-refractivity contribution in [1.82, 2.24) is 4.98 Å². The molecule has 0 aliphatic heterocycles. The van der Waals surface area contributed by atoms with Gasteiger partial charge < -0.3 is 10.1 Å². The molecule has 3 aromatic rings. The summed E-state index contributed by atoms with van der Waals surface area (Å²) in [5, 5.41) is 5.85. The number of benzene rings is 2. The molecule has 2 aromatic carbocycles. The Morgan fingerprint density at radius 2 is 2.04 bits per heavy atom. The van der Waals surface area contributed by atoms with Crippen molar-refractivity contribution in [3.8, 4) is 5.75 Å². The van der Waals surface area contributed by atoms with Crippen molar-refractivity contribution in [3.05, 3.63) is 74.6 Å². The van der Waals surface area contributed by atoms with Crippen LogP contribution in [-0.4, -0.2) is 10.9 Å². The lowest BCUT2D eigenvalue weighted by molar-refractivity contribution is 0.102. The maximum absolute atomic E-state index is 12.3. The Balaban J connectivity index is 1.65. The summed E-state index contributed by atoms with van der Waals surface area (Å²) in [7, 11) is 0. The first kappa shape index (κ1) is 16.7. The molecule has 3 rings (SSSR count). The van der Waals surface area contributed by atoms with E-state index in [9.17, 15) is 4.79 Å². The van der Waals surface area contributed by atoms with Crippen molar-refractivity contribution < 1.29 is 9.53 Å². The van der Waals surface area contributed by atoms with Crippen molar-refractivity contribution in [1.29, 1.82) is 0 Å². The number of halogens is 1. The topological polar surface area (TPSA) is 51.2 Å². The summed E-state index contributed by atoms with van der Waals surface area (Å²) in [4.78, 5) is 16.7. The molecule has 24 heavy (non-hydrogen) atoms. The normalized spacial score (nSPS) is 10.4. The van der Waals surface area contributed by atoms with Gasteiger partial charge in [0.1, 0.15) is 12.4 Å². The minimum Gasteiger partial charge on any atom is -0.487 e. The first-order valence-electron chi connectivity index (χ1n) is 7.31. The number of carbonyl (C=O) groups is 1. The smallest absolute Gasteiger partial charge is 0.255 e. The van der Waals surface area contributed by atoms with E-state index in [2.05, 4.69) is 26.2 Å². The van der Waals surface area contributed by atoms with E-state index in [1.165, 1.54) is 0 Å². The molecule has 0 radical (unpaired) electrons. The molecule has 0 saturated carbocycles. The highest BCUT2D eigenvalue weighted by Gasteiger charge is 2.08. The largest absolute Gasteiger partial charge is 0.487 e. The molecule has 0 bridgehead atoms. The lowest BCUT2D eigenvalue weighted by Gasteiger charge is -2.08. The van der Waals surface area contributed by atoms with Crippen molar-refractivity contribution in [3.63, 3.8) is 0 Å².